The first-order valence-electron chi connectivity index (χ1n) is 47.1. The van der Waals surface area contributed by atoms with Gasteiger partial charge < -0.3 is 130 Å². The molecule has 1 aliphatic carbocycles. The summed E-state index contributed by atoms with van der Waals surface area (Å²) in [6, 6.07) is 29.4. The van der Waals surface area contributed by atoms with Crippen LogP contribution in [-0.4, -0.2) is 65.5 Å². The Bertz CT molecular complexity index is 5650. The first-order chi connectivity index (χ1) is 65.8. The summed E-state index contributed by atoms with van der Waals surface area (Å²) < 4.78 is 78.6. The van der Waals surface area contributed by atoms with Gasteiger partial charge in [-0.05, 0) is 75.6 Å². The number of ether oxygens (including phenoxy) is 8. The van der Waals surface area contributed by atoms with E-state index < -0.39 is 23.7 Å². The number of fused-ring (bicyclic) bond motifs is 4. The summed E-state index contributed by atoms with van der Waals surface area (Å²) in [7, 11) is 7.92. The van der Waals surface area contributed by atoms with Crippen LogP contribution in [0.15, 0.2) is 172 Å². The van der Waals surface area contributed by atoms with Crippen molar-refractivity contribution in [3.05, 3.63) is 216 Å². The number of rotatable bonds is 32. The Morgan fingerprint density at radius 3 is 0.493 bits per heavy atom. The molecule has 736 valence electrons. The normalized spacial score (nSPS) is 14.3. The number of anilines is 8. The number of benzene rings is 8. The summed E-state index contributed by atoms with van der Waals surface area (Å²) in [6.45, 7) is 16.0. The van der Waals surface area contributed by atoms with Crippen LogP contribution in [-0.2, 0) is 92.7 Å². The van der Waals surface area contributed by atoms with Crippen molar-refractivity contribution in [2.45, 2.75) is 208 Å². The van der Waals surface area contributed by atoms with E-state index in [2.05, 4.69) is 85.1 Å². The van der Waals surface area contributed by atoms with Crippen LogP contribution in [0, 0.1) is 0 Å². The average Bonchev–Trinajstić information content (AvgIpc) is 1.66. The zero-order valence-corrected chi connectivity index (χ0v) is 83.3. The maximum atomic E-state index is 14.1. The summed E-state index contributed by atoms with van der Waals surface area (Å²) in [5.41, 5.74) is 6.99. The topological polar surface area (TPSA) is 342 Å². The smallest absolute Gasteiger partial charge is 0.243 e. The lowest BCUT2D eigenvalue weighted by molar-refractivity contribution is -0.697. The van der Waals surface area contributed by atoms with Crippen LogP contribution in [0.1, 0.15) is 226 Å². The van der Waals surface area contributed by atoms with Gasteiger partial charge in [-0.2, -0.15) is 0 Å². The van der Waals surface area contributed by atoms with Crippen molar-refractivity contribution in [1.82, 2.24) is 18.3 Å². The Balaban J connectivity index is 0.00000413. The molecular formula is C104H116Cl4N16O16. The molecule has 0 atom stereocenters. The first kappa shape index (κ1) is 103. The number of amides is 8. The van der Waals surface area contributed by atoms with Crippen molar-refractivity contribution in [3.8, 4) is 92.0 Å². The lowest BCUT2D eigenvalue weighted by atomic mass is 9.76. The number of hydrogen-bond donors (Lipinski definition) is 8. The van der Waals surface area contributed by atoms with Crippen LogP contribution in [0.2, 0.25) is 0 Å². The van der Waals surface area contributed by atoms with Crippen LogP contribution in [0.4, 0.5) is 45.5 Å². The quantitative estimate of drug-likeness (QED) is 0.0191. The van der Waals surface area contributed by atoms with Crippen molar-refractivity contribution in [1.29, 1.82) is 0 Å². The zero-order chi connectivity index (χ0) is 95.3. The maximum absolute atomic E-state index is 14.1. The van der Waals surface area contributed by atoms with Crippen molar-refractivity contribution < 1.29 is 144 Å². The van der Waals surface area contributed by atoms with Gasteiger partial charge >= 0.3 is 0 Å². The number of aromatic nitrogens is 8. The van der Waals surface area contributed by atoms with Crippen LogP contribution in [0.5, 0.6) is 92.0 Å². The highest BCUT2D eigenvalue weighted by atomic mass is 35.5. The van der Waals surface area contributed by atoms with Crippen LogP contribution in [0.25, 0.3) is 0 Å². The molecule has 5 aliphatic rings. The lowest BCUT2D eigenvalue weighted by Gasteiger charge is -2.30. The summed E-state index contributed by atoms with van der Waals surface area (Å²) in [6.07, 6.45) is 28.7. The third-order valence-electron chi connectivity index (χ3n) is 25.4. The molecule has 4 aromatic heterocycles. The Labute approximate surface area is 837 Å². The maximum Gasteiger partial charge on any atom is 0.243 e. The van der Waals surface area contributed by atoms with Gasteiger partial charge in [0.2, 0.25) is 72.6 Å². The Morgan fingerprint density at radius 2 is 0.371 bits per heavy atom. The molecule has 8 amide bonds. The molecule has 17 rings (SSSR count). The Morgan fingerprint density at radius 1 is 0.229 bits per heavy atom. The molecule has 8 bridgehead atoms. The Kier molecular flexibility index (Phi) is 33.4. The average molecular weight is 1990 g/mol. The predicted octanol–water partition coefficient (Wildman–Crippen LogP) is 7.35. The summed E-state index contributed by atoms with van der Waals surface area (Å²) in [4.78, 5) is 112. The SMILES string of the molecule is CCC(=O)Nc1cc2c(cc1NC(=O)CC)Oc1cc3c4cc1C(CCC[n+]1ccn(C)c1)c1cc5c(cc1O2)Oc1cc(NC(=O)CC)c(NC(=O)CC)cc1Oc1cc2c(cc1C5CCC[n+]1ccn(C)c1)C(CCC[n+]1ccn(C)c1)c1cc(c(cc1Oc1cc(NC(=O)CC)c(NC(=O)CC)cc1O2)Oc1cc(NC(=O)CC)c(NC(=O)CC)cc1O3)C4CCC[n+]1ccn(C)c1.[Cl-].[Cl-].[Cl-].[Cl-]. The minimum atomic E-state index is -0.727. The van der Waals surface area contributed by atoms with Crippen LogP contribution < -0.4 is 148 Å². The second kappa shape index (κ2) is 45.2. The molecule has 0 saturated carbocycles. The van der Waals surface area contributed by atoms with Crippen molar-refractivity contribution in [2.75, 3.05) is 42.5 Å². The minimum absolute atomic E-state index is 0. The van der Waals surface area contributed by atoms with E-state index in [1.165, 1.54) is 0 Å². The molecule has 12 aromatic rings. The number of imidazole rings is 4. The summed E-state index contributed by atoms with van der Waals surface area (Å²) in [5.74, 6) is -2.66. The van der Waals surface area contributed by atoms with Gasteiger partial charge in [-0.3, -0.25) is 38.4 Å². The van der Waals surface area contributed by atoms with E-state index in [-0.39, 0.29) is 240 Å². The van der Waals surface area contributed by atoms with Crippen LogP contribution in [0.3, 0.4) is 0 Å². The number of aryl methyl sites for hydroxylation is 8. The second-order valence-corrected chi connectivity index (χ2v) is 35.2. The van der Waals surface area contributed by atoms with E-state index in [4.69, 9.17) is 37.9 Å². The third-order valence-corrected chi connectivity index (χ3v) is 25.4. The van der Waals surface area contributed by atoms with E-state index in [0.717, 1.165) is 0 Å². The molecule has 0 unspecified atom stereocenters. The molecule has 0 fully saturated rings. The zero-order valence-electron chi connectivity index (χ0n) is 80.2. The molecule has 8 heterocycles. The van der Waals surface area contributed by atoms with Gasteiger partial charge in [0.1, 0.15) is 95.6 Å². The van der Waals surface area contributed by atoms with E-state index in [0.29, 0.717) is 168 Å². The molecule has 36 heteroatoms. The molecule has 32 nitrogen and oxygen atoms in total. The predicted molar refractivity (Wildman–Crippen MR) is 510 cm³/mol. The molecule has 140 heavy (non-hydrogen) atoms. The van der Waals surface area contributed by atoms with E-state index in [1.54, 1.807) is 104 Å². The van der Waals surface area contributed by atoms with Gasteiger partial charge in [0, 0.05) is 192 Å². The second-order valence-electron chi connectivity index (χ2n) is 35.2. The largest absolute Gasteiger partial charge is 1.00 e. The first-order valence-corrected chi connectivity index (χ1v) is 47.1. The van der Waals surface area contributed by atoms with Crippen molar-refractivity contribution in [2.24, 2.45) is 28.2 Å². The number of hydrogen-bond acceptors (Lipinski definition) is 16. The highest BCUT2D eigenvalue weighted by Gasteiger charge is 2.41. The van der Waals surface area contributed by atoms with Gasteiger partial charge in [0.15, 0.2) is 46.0 Å². The van der Waals surface area contributed by atoms with E-state index in [9.17, 15) is 38.4 Å². The third kappa shape index (κ3) is 22.9. The molecular weight excluding hydrogens is 1870 g/mol. The van der Waals surface area contributed by atoms with E-state index in [1.807, 2.05) is 146 Å². The molecule has 8 N–H and O–H groups in total. The number of nitrogens with one attached hydrogen (secondary N) is 8. The lowest BCUT2D eigenvalue weighted by Crippen LogP contribution is -3.00. The van der Waals surface area contributed by atoms with Crippen molar-refractivity contribution >= 4 is 92.8 Å². The van der Waals surface area contributed by atoms with Gasteiger partial charge in [0.25, 0.3) is 0 Å². The van der Waals surface area contributed by atoms with Crippen molar-refractivity contribution in [3.63, 3.8) is 0 Å². The molecule has 0 spiro atoms. The Hall–Kier alpha value is -14.1. The molecule has 4 aliphatic heterocycles. The number of carbonyl (C=O) groups is 8. The van der Waals surface area contributed by atoms with Gasteiger partial charge in [-0.1, -0.05) is 55.4 Å². The number of halogens is 4. The fourth-order valence-electron chi connectivity index (χ4n) is 18.2. The highest BCUT2D eigenvalue weighted by Crippen LogP contribution is 2.61. The van der Waals surface area contributed by atoms with Gasteiger partial charge in [0.05, 0.1) is 99.9 Å². The summed E-state index contributed by atoms with van der Waals surface area (Å²) in [5, 5.41) is 24.5. The highest BCUT2D eigenvalue weighted by molar-refractivity contribution is 6.04. The molecule has 0 radical (unpaired) electrons. The van der Waals surface area contributed by atoms with E-state index >= 15 is 0 Å². The summed E-state index contributed by atoms with van der Waals surface area (Å²) >= 11 is 0. The van der Waals surface area contributed by atoms with Gasteiger partial charge in [-0.25, -0.2) is 36.5 Å². The van der Waals surface area contributed by atoms with Crippen LogP contribution >= 0.6 is 0 Å². The number of nitrogens with zero attached hydrogens (tertiary/aromatic N) is 8. The number of carbonyl (C=O) groups excluding carboxylic acids is 8. The monoisotopic (exact) mass is 1980 g/mol. The molecule has 8 aromatic carbocycles. The fraction of sp³-hybridized carbons (Fsp3) is 0.346. The standard InChI is InChI=1S/C104H112N16O16.4ClH/c1-13-97(121)105-73-45-89-90(46-74(73)106-98(122)14-2)130-82-54-84-68-42-66(82)61(25-21-29-117-37-33-113(9)57-117)65-41-67-62(26-22-30-118-38-34-114(10)58-118)69-43-71-64(28-24-32-120-40-36-116(12)60-120)72-44-70(63(68)27-23-31-119-39-35-115(11)59-119)86(134-94-50-78(110-102(126)18-6)77(49-93(94)132-84)109-101(125)17-5)56-88(72)136-96-52-80(112-104(128)20-8)79(111-103(127)19-7)51-95(96)135-87(71)55-85(69)133-92-48-76(108-100(124)16-4)75(107-99(123)15-3)47-91(92)131-83(67)53-81(65)129-89;;;;/h33-64H,13-32H2,1-12H3,(H4-4,105,106,107,108,109,110,111,112,121,122,123,124,125,126,127,128);4*1H. The fourth-order valence-corrected chi connectivity index (χ4v) is 18.2. The van der Waals surface area contributed by atoms with Gasteiger partial charge in [-0.15, -0.1) is 0 Å². The minimum Gasteiger partial charge on any atom is -1.00 e. The molecule has 0 saturated heterocycles.